The molecule has 1 amide bonds. The maximum Gasteiger partial charge on any atom is 0.408 e. The highest BCUT2D eigenvalue weighted by Crippen LogP contribution is 2.30. The summed E-state index contributed by atoms with van der Waals surface area (Å²) in [5.41, 5.74) is 0.347. The van der Waals surface area contributed by atoms with Gasteiger partial charge < -0.3 is 19.4 Å². The average Bonchev–Trinajstić information content (AvgIpc) is 2.94. The summed E-state index contributed by atoms with van der Waals surface area (Å²) in [5, 5.41) is 2.86. The van der Waals surface area contributed by atoms with Crippen LogP contribution in [0.2, 0.25) is 0 Å². The number of imidazole rings is 1. The Balaban J connectivity index is 2.09. The largest absolute Gasteiger partial charge is 0.444 e. The zero-order valence-corrected chi connectivity index (χ0v) is 13.5. The van der Waals surface area contributed by atoms with E-state index in [1.54, 1.807) is 12.5 Å². The van der Waals surface area contributed by atoms with Crippen LogP contribution in [-0.4, -0.2) is 34.5 Å². The molecule has 2 heterocycles. The second-order valence-corrected chi connectivity index (χ2v) is 6.86. The standard InChI is InChI=1S/C15H25N3O3/c1-11(17-13(19)21-14(2,3)4)12-8-16-10-18(12)15(5)6-7-20-9-15/h8,10-11H,6-7,9H2,1-5H3,(H,17,19)/t11-,15?/m0/s1. The van der Waals surface area contributed by atoms with Gasteiger partial charge in [0.25, 0.3) is 0 Å². The molecule has 118 valence electrons. The zero-order chi connectivity index (χ0) is 15.7. The van der Waals surface area contributed by atoms with E-state index in [0.717, 1.165) is 18.7 Å². The van der Waals surface area contributed by atoms with Gasteiger partial charge in [-0.05, 0) is 41.0 Å². The highest BCUT2D eigenvalue weighted by atomic mass is 16.6. The van der Waals surface area contributed by atoms with Crippen molar-refractivity contribution in [3.63, 3.8) is 0 Å². The first-order valence-corrected chi connectivity index (χ1v) is 7.31. The van der Waals surface area contributed by atoms with Crippen molar-refractivity contribution in [3.8, 4) is 0 Å². The number of amides is 1. The molecule has 0 bridgehead atoms. The highest BCUT2D eigenvalue weighted by molar-refractivity contribution is 5.68. The van der Waals surface area contributed by atoms with Gasteiger partial charge in [-0.3, -0.25) is 0 Å². The first-order valence-electron chi connectivity index (χ1n) is 7.31. The number of hydrogen-bond donors (Lipinski definition) is 1. The van der Waals surface area contributed by atoms with Crippen LogP contribution in [0.5, 0.6) is 0 Å². The Hall–Kier alpha value is -1.56. The van der Waals surface area contributed by atoms with Crippen LogP contribution in [0, 0.1) is 0 Å². The van der Waals surface area contributed by atoms with Crippen LogP contribution in [0.1, 0.15) is 52.8 Å². The molecule has 0 aromatic carbocycles. The molecule has 2 atom stereocenters. The molecular weight excluding hydrogens is 270 g/mol. The fourth-order valence-electron chi connectivity index (χ4n) is 2.48. The Labute approximate surface area is 125 Å². The zero-order valence-electron chi connectivity index (χ0n) is 13.5. The molecule has 6 nitrogen and oxygen atoms in total. The molecule has 1 N–H and O–H groups in total. The summed E-state index contributed by atoms with van der Waals surface area (Å²) in [6.07, 6.45) is 4.11. The number of carbonyl (C=O) groups excluding carboxylic acids is 1. The van der Waals surface area contributed by atoms with E-state index >= 15 is 0 Å². The van der Waals surface area contributed by atoms with Gasteiger partial charge in [0.2, 0.25) is 0 Å². The number of nitrogens with zero attached hydrogens (tertiary/aromatic N) is 2. The lowest BCUT2D eigenvalue weighted by Crippen LogP contribution is -2.37. The van der Waals surface area contributed by atoms with Gasteiger partial charge in [0.05, 0.1) is 36.4 Å². The van der Waals surface area contributed by atoms with Gasteiger partial charge in [0.1, 0.15) is 5.60 Å². The van der Waals surface area contributed by atoms with Crippen molar-refractivity contribution in [2.24, 2.45) is 0 Å². The fraction of sp³-hybridized carbons (Fsp3) is 0.733. The molecule has 0 radical (unpaired) electrons. The van der Waals surface area contributed by atoms with Crippen LogP contribution >= 0.6 is 0 Å². The lowest BCUT2D eigenvalue weighted by molar-refractivity contribution is 0.0504. The quantitative estimate of drug-likeness (QED) is 0.931. The topological polar surface area (TPSA) is 65.4 Å². The van der Waals surface area contributed by atoms with Crippen molar-refractivity contribution in [3.05, 3.63) is 18.2 Å². The Morgan fingerprint density at radius 2 is 2.29 bits per heavy atom. The molecular formula is C15H25N3O3. The summed E-state index contributed by atoms with van der Waals surface area (Å²) < 4.78 is 12.9. The summed E-state index contributed by atoms with van der Waals surface area (Å²) in [4.78, 5) is 16.1. The number of hydrogen-bond acceptors (Lipinski definition) is 4. The van der Waals surface area contributed by atoms with Crippen molar-refractivity contribution in [2.45, 2.75) is 58.2 Å². The minimum Gasteiger partial charge on any atom is -0.444 e. The minimum atomic E-state index is -0.505. The van der Waals surface area contributed by atoms with Gasteiger partial charge in [-0.1, -0.05) is 0 Å². The summed E-state index contributed by atoms with van der Waals surface area (Å²) in [5.74, 6) is 0. The number of carbonyl (C=O) groups is 1. The molecule has 1 aliphatic rings. The molecule has 21 heavy (non-hydrogen) atoms. The van der Waals surface area contributed by atoms with Crippen LogP contribution in [-0.2, 0) is 15.0 Å². The van der Waals surface area contributed by atoms with Crippen LogP contribution in [0.25, 0.3) is 0 Å². The number of rotatable bonds is 3. The van der Waals surface area contributed by atoms with E-state index in [9.17, 15) is 4.79 Å². The maximum absolute atomic E-state index is 11.9. The summed E-state index contributed by atoms with van der Waals surface area (Å²) in [7, 11) is 0. The van der Waals surface area contributed by atoms with E-state index in [2.05, 4.69) is 21.8 Å². The van der Waals surface area contributed by atoms with Crippen LogP contribution in [0.4, 0.5) is 4.79 Å². The predicted molar refractivity (Wildman–Crippen MR) is 79.1 cm³/mol. The summed E-state index contributed by atoms with van der Waals surface area (Å²) in [6, 6.07) is -0.181. The van der Waals surface area contributed by atoms with Crippen molar-refractivity contribution in [1.82, 2.24) is 14.9 Å². The van der Waals surface area contributed by atoms with E-state index in [1.807, 2.05) is 27.7 Å². The first-order chi connectivity index (χ1) is 9.71. The van der Waals surface area contributed by atoms with E-state index < -0.39 is 11.7 Å². The normalized spacial score (nSPS) is 23.9. The maximum atomic E-state index is 11.9. The molecule has 0 saturated carbocycles. The molecule has 6 heteroatoms. The smallest absolute Gasteiger partial charge is 0.408 e. The predicted octanol–water partition coefficient (Wildman–Crippen LogP) is 2.60. The van der Waals surface area contributed by atoms with Crippen molar-refractivity contribution >= 4 is 6.09 Å². The number of ether oxygens (including phenoxy) is 2. The van der Waals surface area contributed by atoms with Gasteiger partial charge >= 0.3 is 6.09 Å². The lowest BCUT2D eigenvalue weighted by Gasteiger charge is -2.29. The first kappa shape index (κ1) is 15.8. The number of alkyl carbamates (subject to hydrolysis) is 1. The third-order valence-electron chi connectivity index (χ3n) is 3.62. The highest BCUT2D eigenvalue weighted by Gasteiger charge is 2.34. The summed E-state index contributed by atoms with van der Waals surface area (Å²) >= 11 is 0. The van der Waals surface area contributed by atoms with E-state index in [-0.39, 0.29) is 11.6 Å². The van der Waals surface area contributed by atoms with Crippen LogP contribution in [0.15, 0.2) is 12.5 Å². The molecule has 1 fully saturated rings. The monoisotopic (exact) mass is 295 g/mol. The summed E-state index contributed by atoms with van der Waals surface area (Å²) in [6.45, 7) is 11.0. The Bertz CT molecular complexity index is 499. The molecule has 0 aliphatic carbocycles. The van der Waals surface area contributed by atoms with Gasteiger partial charge in [-0.2, -0.15) is 0 Å². The number of nitrogens with one attached hydrogen (secondary N) is 1. The molecule has 1 aliphatic heterocycles. The van der Waals surface area contributed by atoms with Crippen LogP contribution in [0.3, 0.4) is 0 Å². The fourth-order valence-corrected chi connectivity index (χ4v) is 2.48. The van der Waals surface area contributed by atoms with Gasteiger partial charge in [-0.15, -0.1) is 0 Å². The van der Waals surface area contributed by atoms with E-state index in [0.29, 0.717) is 6.61 Å². The molecule has 1 aromatic heterocycles. The van der Waals surface area contributed by atoms with Crippen LogP contribution < -0.4 is 5.32 Å². The van der Waals surface area contributed by atoms with Gasteiger partial charge in [-0.25, -0.2) is 9.78 Å². The average molecular weight is 295 g/mol. The van der Waals surface area contributed by atoms with Gasteiger partial charge in [0.15, 0.2) is 0 Å². The third-order valence-corrected chi connectivity index (χ3v) is 3.62. The van der Waals surface area contributed by atoms with Gasteiger partial charge in [0, 0.05) is 6.61 Å². The lowest BCUT2D eigenvalue weighted by atomic mass is 10.0. The van der Waals surface area contributed by atoms with E-state index in [4.69, 9.17) is 9.47 Å². The molecule has 1 saturated heterocycles. The second kappa shape index (κ2) is 5.67. The minimum absolute atomic E-state index is 0.101. The van der Waals surface area contributed by atoms with Crippen molar-refractivity contribution in [2.75, 3.05) is 13.2 Å². The number of aromatic nitrogens is 2. The Morgan fingerprint density at radius 3 is 2.86 bits per heavy atom. The molecule has 0 spiro atoms. The Kier molecular flexibility index (Phi) is 4.27. The van der Waals surface area contributed by atoms with Crippen molar-refractivity contribution < 1.29 is 14.3 Å². The third kappa shape index (κ3) is 3.75. The molecule has 2 rings (SSSR count). The SMILES string of the molecule is C[C@H](NC(=O)OC(C)(C)C)c1cncn1C1(C)CCOC1. The Morgan fingerprint density at radius 1 is 1.57 bits per heavy atom. The van der Waals surface area contributed by atoms with E-state index in [1.165, 1.54) is 0 Å². The van der Waals surface area contributed by atoms with Crippen molar-refractivity contribution in [1.29, 1.82) is 0 Å². The molecule has 1 aromatic rings. The second-order valence-electron chi connectivity index (χ2n) is 6.86. The molecule has 1 unspecified atom stereocenters.